The number of halogens is 4. The molecular weight excluding hydrogens is 334 g/mol. The van der Waals surface area contributed by atoms with Crippen molar-refractivity contribution in [3.05, 3.63) is 35.1 Å². The maximum atomic E-state index is 13.5. The Morgan fingerprint density at radius 1 is 1.30 bits per heavy atom. The second kappa shape index (κ2) is 8.24. The molecule has 0 unspecified atom stereocenters. The summed E-state index contributed by atoms with van der Waals surface area (Å²) >= 11 is 5.20. The Morgan fingerprint density at radius 3 is 2.48 bits per heavy atom. The molecule has 1 rings (SSSR count). The number of ether oxygens (including phenoxy) is 1. The largest absolute Gasteiger partial charge is 0.465 e. The topological polar surface area (TPSA) is 29.5 Å². The smallest absolute Gasteiger partial charge is 0.393 e. The molecule has 0 saturated heterocycles. The number of benzene rings is 1. The van der Waals surface area contributed by atoms with Crippen LogP contribution in [0.5, 0.6) is 0 Å². The molecule has 0 aromatic heterocycles. The van der Waals surface area contributed by atoms with Crippen LogP contribution in [0.4, 0.5) is 17.6 Å². The maximum Gasteiger partial charge on any atom is 0.393 e. The molecule has 1 aromatic rings. The van der Waals surface area contributed by atoms with Crippen LogP contribution in [0.2, 0.25) is 0 Å². The minimum atomic E-state index is -4.52. The van der Waals surface area contributed by atoms with Crippen molar-refractivity contribution in [1.82, 2.24) is 4.90 Å². The van der Waals surface area contributed by atoms with Crippen molar-refractivity contribution in [2.45, 2.75) is 26.4 Å². The van der Waals surface area contributed by atoms with Crippen molar-refractivity contribution in [1.29, 1.82) is 0 Å². The van der Waals surface area contributed by atoms with E-state index < -0.39 is 29.9 Å². The number of esters is 1. The van der Waals surface area contributed by atoms with Gasteiger partial charge in [-0.25, -0.2) is 4.39 Å². The van der Waals surface area contributed by atoms with Crippen LogP contribution in [0, 0.1) is 5.82 Å². The summed E-state index contributed by atoms with van der Waals surface area (Å²) in [5, 5.41) is 0. The Hall–Kier alpha value is -1.70. The number of alkyl halides is 3. The fraction of sp³-hybridized carbons (Fsp3) is 0.467. The van der Waals surface area contributed by atoms with Gasteiger partial charge in [-0.2, -0.15) is 13.2 Å². The molecule has 3 nitrogen and oxygen atoms in total. The summed E-state index contributed by atoms with van der Waals surface area (Å²) in [5.74, 6) is -1.43. The molecule has 23 heavy (non-hydrogen) atoms. The van der Waals surface area contributed by atoms with E-state index in [0.29, 0.717) is 6.54 Å². The van der Waals surface area contributed by atoms with Crippen LogP contribution in [0.25, 0.3) is 0 Å². The monoisotopic (exact) mass is 351 g/mol. The zero-order chi connectivity index (χ0) is 17.6. The van der Waals surface area contributed by atoms with E-state index in [1.165, 1.54) is 11.0 Å². The summed E-state index contributed by atoms with van der Waals surface area (Å²) in [7, 11) is 0. The highest BCUT2D eigenvalue weighted by Crippen LogP contribution is 2.24. The Balaban J connectivity index is 2.97. The van der Waals surface area contributed by atoms with Gasteiger partial charge in [0.05, 0.1) is 13.0 Å². The molecule has 0 fully saturated rings. The molecule has 0 atom stereocenters. The lowest BCUT2D eigenvalue weighted by molar-refractivity contribution is -0.143. The van der Waals surface area contributed by atoms with Gasteiger partial charge in [0.15, 0.2) is 0 Å². The molecule has 0 spiro atoms. The van der Waals surface area contributed by atoms with Gasteiger partial charge in [-0.15, -0.1) is 0 Å². The Labute approximate surface area is 137 Å². The third-order valence-electron chi connectivity index (χ3n) is 2.98. The minimum Gasteiger partial charge on any atom is -0.465 e. The fourth-order valence-electron chi connectivity index (χ4n) is 1.93. The van der Waals surface area contributed by atoms with Gasteiger partial charge in [-0.05, 0) is 37.6 Å². The van der Waals surface area contributed by atoms with Crippen molar-refractivity contribution < 1.29 is 27.1 Å². The lowest BCUT2D eigenvalue weighted by Crippen LogP contribution is -2.35. The Bertz CT molecular complexity index is 575. The lowest BCUT2D eigenvalue weighted by Gasteiger charge is -2.23. The highest BCUT2D eigenvalue weighted by molar-refractivity contribution is 7.80. The number of nitrogens with zero attached hydrogens (tertiary/aromatic N) is 1. The van der Waals surface area contributed by atoms with Gasteiger partial charge in [0.1, 0.15) is 17.4 Å². The molecule has 0 saturated carbocycles. The summed E-state index contributed by atoms with van der Waals surface area (Å²) in [5.41, 5.74) is -0.226. The molecule has 0 radical (unpaired) electrons. The summed E-state index contributed by atoms with van der Waals surface area (Å²) in [6.45, 7) is 3.87. The maximum absolute atomic E-state index is 13.5. The number of rotatable bonds is 6. The lowest BCUT2D eigenvalue weighted by atomic mass is 10.1. The number of likely N-dealkylation sites (N-methyl/N-ethyl adjacent to an activating group) is 1. The van der Waals surface area contributed by atoms with Gasteiger partial charge in [0.2, 0.25) is 0 Å². The second-order valence-electron chi connectivity index (χ2n) is 4.72. The van der Waals surface area contributed by atoms with Crippen molar-refractivity contribution in [2.24, 2.45) is 0 Å². The molecule has 0 aliphatic heterocycles. The van der Waals surface area contributed by atoms with Crippen LogP contribution >= 0.6 is 12.2 Å². The third kappa shape index (κ3) is 6.13. The minimum absolute atomic E-state index is 0.116. The first-order valence-corrected chi connectivity index (χ1v) is 7.38. The fourth-order valence-corrected chi connectivity index (χ4v) is 2.25. The zero-order valence-electron chi connectivity index (χ0n) is 12.7. The summed E-state index contributed by atoms with van der Waals surface area (Å²) in [6.07, 6.45) is -5.89. The van der Waals surface area contributed by atoms with E-state index in [9.17, 15) is 22.4 Å². The van der Waals surface area contributed by atoms with Gasteiger partial charge in [0, 0.05) is 12.1 Å². The number of carbonyl (C=O) groups is 1. The zero-order valence-corrected chi connectivity index (χ0v) is 13.6. The second-order valence-corrected chi connectivity index (χ2v) is 5.11. The molecule has 0 bridgehead atoms. The van der Waals surface area contributed by atoms with E-state index in [1.807, 2.05) is 0 Å². The Kier molecular flexibility index (Phi) is 6.93. The normalized spacial score (nSPS) is 11.2. The van der Waals surface area contributed by atoms with Crippen LogP contribution < -0.4 is 0 Å². The van der Waals surface area contributed by atoms with Gasteiger partial charge in [-0.1, -0.05) is 12.2 Å². The predicted octanol–water partition coefficient (Wildman–Crippen LogP) is 3.49. The van der Waals surface area contributed by atoms with Crippen LogP contribution in [0.15, 0.2) is 18.2 Å². The van der Waals surface area contributed by atoms with E-state index >= 15 is 0 Å². The van der Waals surface area contributed by atoms with Crippen molar-refractivity contribution in [3.8, 4) is 0 Å². The first-order valence-electron chi connectivity index (χ1n) is 6.98. The standard InChI is InChI=1S/C15H17F4NO2S/c1-3-20(9-13(21)22-4-2)14(23)10-5-6-12(16)11(7-10)8-15(17,18)19/h5-7H,3-4,8-9H2,1-2H3. The summed E-state index contributed by atoms with van der Waals surface area (Å²) in [4.78, 5) is 13.2. The quantitative estimate of drug-likeness (QED) is 0.446. The SMILES string of the molecule is CCOC(=O)CN(CC)C(=S)c1ccc(F)c(CC(F)(F)F)c1. The molecule has 0 N–H and O–H groups in total. The van der Waals surface area contributed by atoms with E-state index in [4.69, 9.17) is 17.0 Å². The average Bonchev–Trinajstić information content (AvgIpc) is 2.45. The summed E-state index contributed by atoms with van der Waals surface area (Å²) in [6, 6.07) is 3.31. The van der Waals surface area contributed by atoms with Crippen LogP contribution in [0.1, 0.15) is 25.0 Å². The first-order chi connectivity index (χ1) is 10.7. The van der Waals surface area contributed by atoms with E-state index in [2.05, 4.69) is 0 Å². The molecule has 8 heteroatoms. The first kappa shape index (κ1) is 19.3. The molecule has 0 amide bonds. The molecule has 1 aromatic carbocycles. The van der Waals surface area contributed by atoms with Crippen molar-refractivity contribution in [3.63, 3.8) is 0 Å². The van der Waals surface area contributed by atoms with E-state index in [1.54, 1.807) is 13.8 Å². The summed E-state index contributed by atoms with van der Waals surface area (Å²) < 4.78 is 55.7. The highest BCUT2D eigenvalue weighted by atomic mass is 32.1. The van der Waals surface area contributed by atoms with Crippen LogP contribution in [0.3, 0.4) is 0 Å². The van der Waals surface area contributed by atoms with Crippen LogP contribution in [-0.2, 0) is 16.0 Å². The number of hydrogen-bond donors (Lipinski definition) is 0. The number of carbonyl (C=O) groups excluding carboxylic acids is 1. The number of hydrogen-bond acceptors (Lipinski definition) is 3. The van der Waals surface area contributed by atoms with Crippen LogP contribution in [-0.4, -0.2) is 41.7 Å². The van der Waals surface area contributed by atoms with Crippen molar-refractivity contribution >= 4 is 23.2 Å². The van der Waals surface area contributed by atoms with Crippen molar-refractivity contribution in [2.75, 3.05) is 19.7 Å². The molecular formula is C15H17F4NO2S. The average molecular weight is 351 g/mol. The molecule has 0 aliphatic rings. The Morgan fingerprint density at radius 2 is 1.96 bits per heavy atom. The third-order valence-corrected chi connectivity index (χ3v) is 3.47. The number of thiocarbonyl (C=S) groups is 1. The highest BCUT2D eigenvalue weighted by Gasteiger charge is 2.29. The molecule has 0 heterocycles. The van der Waals surface area contributed by atoms with Gasteiger partial charge in [-0.3, -0.25) is 4.79 Å². The van der Waals surface area contributed by atoms with E-state index in [0.717, 1.165) is 12.1 Å². The van der Waals surface area contributed by atoms with Gasteiger partial charge in [0.25, 0.3) is 0 Å². The molecule has 0 aliphatic carbocycles. The molecule has 128 valence electrons. The van der Waals surface area contributed by atoms with Gasteiger partial charge < -0.3 is 9.64 Å². The predicted molar refractivity (Wildman–Crippen MR) is 81.7 cm³/mol. The van der Waals surface area contributed by atoms with E-state index in [-0.39, 0.29) is 23.7 Å². The van der Waals surface area contributed by atoms with Gasteiger partial charge >= 0.3 is 12.1 Å².